The van der Waals surface area contributed by atoms with E-state index in [2.05, 4.69) is 220 Å². The number of rotatable bonds is 7. The van der Waals surface area contributed by atoms with Gasteiger partial charge < -0.3 is 34.3 Å². The van der Waals surface area contributed by atoms with Crippen LogP contribution in [0.5, 0.6) is 28.7 Å². The molecule has 0 saturated carbocycles. The summed E-state index contributed by atoms with van der Waals surface area (Å²) in [4.78, 5) is 41.1. The second-order valence-electron chi connectivity index (χ2n) is 27.4. The van der Waals surface area contributed by atoms with Gasteiger partial charge in [-0.15, -0.1) is 54.1 Å². The molecule has 8 aromatic heterocycles. The molecule has 15 nitrogen and oxygen atoms in total. The van der Waals surface area contributed by atoms with Crippen LogP contribution in [0, 0.1) is 48.7 Å². The number of ether oxygens (including phenoxy) is 2. The van der Waals surface area contributed by atoms with Crippen molar-refractivity contribution < 1.29 is 75.2 Å². The van der Waals surface area contributed by atoms with E-state index in [0.29, 0.717) is 11.5 Å². The molecule has 10 aromatic carbocycles. The molecule has 0 fully saturated rings. The molecular weight excluding hydrogens is 1740 g/mol. The summed E-state index contributed by atoms with van der Waals surface area (Å²) < 4.78 is 20.5. The Labute approximate surface area is 731 Å². The Morgan fingerprint density at radius 3 is 1.38 bits per heavy atom. The number of halogens is 1. The molecule has 0 amide bonds. The van der Waals surface area contributed by atoms with E-state index in [9.17, 15) is 5.11 Å². The van der Waals surface area contributed by atoms with E-state index in [-0.39, 0.29) is 54.0 Å². The quantitative estimate of drug-likeness (QED) is 0.0778. The zero-order chi connectivity index (χ0) is 80.7. The fourth-order valence-electron chi connectivity index (χ4n) is 15.0. The molecule has 0 atom stereocenters. The molecule has 0 radical (unpaired) electrons. The molecule has 0 aliphatic carbocycles. The van der Waals surface area contributed by atoms with Crippen molar-refractivity contribution in [1.82, 2.24) is 38.6 Å². The fourth-order valence-corrected chi connectivity index (χ4v) is 15.4. The number of para-hydroxylation sites is 3. The Morgan fingerprint density at radius 1 is 0.400 bits per heavy atom. The Kier molecular flexibility index (Phi) is 28.4. The molecule has 3 aliphatic rings. The number of carbonyl (C=O) groups is 2. The minimum absolute atomic E-state index is 0. The standard InChI is InChI=1S/C30H21N3O.C30H19N3O.C19H14N2O.C12H9Br.C6H2.2C2H4O2.CH4.2Pd/c2*1-2-16-31-27(11-1)22-7-3-9-23(18-22)34-24-14-15-25-26-10-4-6-20-12-13-21-8-5-17-32-30(21)33(29(20)26)28(25)19-24;22-14-8-9-15-16-5-1-3-12-6-7-13-4-2-10-20-19(13)21(18(12)16)17(15)11-14;13-12-8-4-7-11(9-12)10-5-2-1-3-6-10;1-3-5-6-4-2;2*1-2(3)4;;;/h1-11,14-19H,12-13H2;1-11,14-17H,12-13H2;1-5,8-11,22H,6-7H2;1-9H;1-2H;2*1H3,(H,3,4);1H4;;/q;-2;;;;;;;;+2. The van der Waals surface area contributed by atoms with Crippen molar-refractivity contribution in [1.29, 1.82) is 0 Å². The van der Waals surface area contributed by atoms with Crippen LogP contribution < -0.4 is 9.47 Å². The first-order valence-corrected chi connectivity index (χ1v) is 38.6. The van der Waals surface area contributed by atoms with E-state index < -0.39 is 11.9 Å². The number of phenolic OH excluding ortho intramolecular Hbond substituents is 1. The molecule has 11 heterocycles. The summed E-state index contributed by atoms with van der Waals surface area (Å²) in [7, 11) is 0. The molecule has 3 N–H and O–H groups in total. The molecule has 0 saturated heterocycles. The molecule has 3 aliphatic heterocycles. The first-order chi connectivity index (χ1) is 57.3. The third-order valence-corrected chi connectivity index (χ3v) is 20.3. The summed E-state index contributed by atoms with van der Waals surface area (Å²) in [6.45, 7) is 2.17. The van der Waals surface area contributed by atoms with Crippen molar-refractivity contribution >= 4 is 93.3 Å². The van der Waals surface area contributed by atoms with E-state index in [0.717, 1.165) is 136 Å². The number of terminal acetylenes is 2. The largest absolute Gasteiger partial charge is 2.00 e. The number of aromatic nitrogens is 8. The number of aromatic hydroxyl groups is 1. The molecule has 594 valence electrons. The van der Waals surface area contributed by atoms with Gasteiger partial charge in [0.2, 0.25) is 0 Å². The van der Waals surface area contributed by atoms with Gasteiger partial charge in [-0.05, 0) is 203 Å². The first-order valence-electron chi connectivity index (χ1n) is 37.8. The van der Waals surface area contributed by atoms with Crippen LogP contribution in [0.25, 0.3) is 117 Å². The van der Waals surface area contributed by atoms with Crippen LogP contribution in [0.3, 0.4) is 0 Å². The number of hydrogen-bond donors (Lipinski definition) is 3. The number of benzene rings is 10. The third kappa shape index (κ3) is 19.2. The average Bonchev–Trinajstić information content (AvgIpc) is 1.58. The minimum Gasteiger partial charge on any atom is -0.508 e. The number of carboxylic acid groups (broad SMARTS) is 2. The van der Waals surface area contributed by atoms with Gasteiger partial charge in [-0.1, -0.05) is 181 Å². The maximum atomic E-state index is 9.95. The van der Waals surface area contributed by atoms with Gasteiger partial charge in [0.1, 0.15) is 34.7 Å². The monoisotopic (exact) mass is 1820 g/mol. The number of fused-ring (bicyclic) bond motifs is 15. The first kappa shape index (κ1) is 85.5. The van der Waals surface area contributed by atoms with Gasteiger partial charge in [-0.3, -0.25) is 23.7 Å². The van der Waals surface area contributed by atoms with Crippen molar-refractivity contribution in [2.45, 2.75) is 59.8 Å². The van der Waals surface area contributed by atoms with Gasteiger partial charge >= 0.3 is 20.4 Å². The molecule has 18 aromatic rings. The molecular formula is C102H77BrN8O7Pd2. The van der Waals surface area contributed by atoms with Gasteiger partial charge in [0, 0.05) is 126 Å². The van der Waals surface area contributed by atoms with Gasteiger partial charge in [-0.25, -0.2) is 15.0 Å². The zero-order valence-corrected chi connectivity index (χ0v) is 69.0. The Bertz CT molecular complexity index is 6610. The predicted octanol–water partition coefficient (Wildman–Crippen LogP) is 23.0. The van der Waals surface area contributed by atoms with Crippen molar-refractivity contribution in [2.75, 3.05) is 0 Å². The van der Waals surface area contributed by atoms with Crippen LogP contribution in [-0.4, -0.2) is 65.9 Å². The second-order valence-corrected chi connectivity index (χ2v) is 28.3. The number of carboxylic acids is 2. The SMILES string of the molecule is Brc1cccc(-c2ccccc2)c1.C.C#CC#CC#C.CC(=O)O.CC(=O)O.Oc1ccc2c3cccc4c3n(c2c1)-c1ncccc1CC4.[Pd+2].[Pd].[c-]1c(Oc2[c-]c3c(cc2)c2cccc4c2n3-c2ncccc2CC4)cccc1-c1ccccn1.c1ccc(-c2cccc(Oc3ccc4c5cccc6c5n(c4c3)-c3ncccc3CC6)c2)nc1. The minimum atomic E-state index is -0.833. The fraction of sp³-hybridized carbons (Fsp3) is 0.0882. The summed E-state index contributed by atoms with van der Waals surface area (Å²) in [5.41, 5.74) is 20.8. The summed E-state index contributed by atoms with van der Waals surface area (Å²) in [6, 6.07) is 99.5. The Morgan fingerprint density at radius 2 is 0.833 bits per heavy atom. The van der Waals surface area contributed by atoms with E-state index in [4.69, 9.17) is 52.1 Å². The van der Waals surface area contributed by atoms with Crippen LogP contribution in [0.1, 0.15) is 54.7 Å². The van der Waals surface area contributed by atoms with Crippen molar-refractivity contribution in [3.8, 4) is 116 Å². The number of aliphatic carboxylic acids is 2. The van der Waals surface area contributed by atoms with Crippen LogP contribution in [0.2, 0.25) is 0 Å². The summed E-state index contributed by atoms with van der Waals surface area (Å²) in [5, 5.41) is 32.0. The molecule has 0 bridgehead atoms. The number of aryl methyl sites for hydroxylation is 6. The van der Waals surface area contributed by atoms with Crippen LogP contribution >= 0.6 is 15.9 Å². The van der Waals surface area contributed by atoms with Gasteiger partial charge in [0.15, 0.2) is 0 Å². The molecule has 18 heteroatoms. The van der Waals surface area contributed by atoms with Crippen LogP contribution in [-0.2, 0) is 89.0 Å². The summed E-state index contributed by atoms with van der Waals surface area (Å²) >= 11 is 3.46. The second kappa shape index (κ2) is 39.9. The maximum Gasteiger partial charge on any atom is 2.00 e. The normalized spacial score (nSPS) is 11.1. The Hall–Kier alpha value is -13.8. The molecule has 0 spiro atoms. The average molecular weight is 1820 g/mol. The predicted molar refractivity (Wildman–Crippen MR) is 475 cm³/mol. The van der Waals surface area contributed by atoms with Crippen LogP contribution in [0.4, 0.5) is 0 Å². The smallest absolute Gasteiger partial charge is 0.508 e. The summed E-state index contributed by atoms with van der Waals surface area (Å²) in [5.74, 6) is 13.1. The third-order valence-electron chi connectivity index (χ3n) is 19.8. The number of nitrogens with zero attached hydrogens (tertiary/aromatic N) is 8. The van der Waals surface area contributed by atoms with Crippen molar-refractivity contribution in [2.24, 2.45) is 0 Å². The van der Waals surface area contributed by atoms with E-state index in [1.807, 2.05) is 152 Å². The van der Waals surface area contributed by atoms with E-state index >= 15 is 0 Å². The van der Waals surface area contributed by atoms with Gasteiger partial charge in [-0.2, -0.15) is 6.07 Å². The molecule has 0 unspecified atom stereocenters. The topological polar surface area (TPSA) is 193 Å². The van der Waals surface area contributed by atoms with E-state index in [1.165, 1.54) is 82.6 Å². The number of hydrogen-bond acceptors (Lipinski definition) is 10. The molecule has 21 rings (SSSR count). The van der Waals surface area contributed by atoms with Crippen molar-refractivity contribution in [3.63, 3.8) is 0 Å². The summed E-state index contributed by atoms with van der Waals surface area (Å²) in [6.07, 6.45) is 24.5. The van der Waals surface area contributed by atoms with Crippen molar-refractivity contribution in [3.05, 3.63) is 354 Å². The number of phenols is 1. The Balaban J connectivity index is 0.000000143. The maximum absolute atomic E-state index is 9.95. The van der Waals surface area contributed by atoms with Crippen LogP contribution in [0.15, 0.2) is 308 Å². The van der Waals surface area contributed by atoms with Gasteiger partial charge in [0.05, 0.1) is 27.8 Å². The molecule has 120 heavy (non-hydrogen) atoms. The van der Waals surface area contributed by atoms with Gasteiger partial charge in [0.25, 0.3) is 11.9 Å². The number of pyridine rings is 5. The zero-order valence-electron chi connectivity index (χ0n) is 64.3. The van der Waals surface area contributed by atoms with E-state index in [1.54, 1.807) is 12.3 Å².